The summed E-state index contributed by atoms with van der Waals surface area (Å²) in [6.07, 6.45) is 0. The van der Waals surface area contributed by atoms with Crippen LogP contribution in [0, 0.1) is 0 Å². The summed E-state index contributed by atoms with van der Waals surface area (Å²) in [7, 11) is 1.52. The van der Waals surface area contributed by atoms with Crippen molar-refractivity contribution in [2.45, 2.75) is 6.92 Å². The van der Waals surface area contributed by atoms with Crippen LogP contribution in [-0.4, -0.2) is 61.1 Å². The lowest BCUT2D eigenvalue weighted by atomic mass is 10.5. The Bertz CT molecular complexity index is 267. The second kappa shape index (κ2) is 7.63. The predicted molar refractivity (Wildman–Crippen MR) is 54.8 cm³/mol. The number of carbonyl (C=O) groups excluding carboxylic acids is 2. The fourth-order valence-corrected chi connectivity index (χ4v) is 0.805. The molecular weight excluding hydrogens is 216 g/mol. The Morgan fingerprint density at radius 1 is 1.38 bits per heavy atom. The zero-order chi connectivity index (χ0) is 12.6. The Morgan fingerprint density at radius 2 is 2.00 bits per heavy atom. The number of carbonyl (C=O) groups is 3. The number of nitrogens with one attached hydrogen (secondary N) is 1. The summed E-state index contributed by atoms with van der Waals surface area (Å²) in [5, 5.41) is 10.7. The molecule has 7 heteroatoms. The van der Waals surface area contributed by atoms with E-state index in [-0.39, 0.29) is 38.1 Å². The van der Waals surface area contributed by atoms with Crippen LogP contribution in [0.2, 0.25) is 0 Å². The number of rotatable bonds is 7. The molecule has 0 aromatic rings. The molecule has 92 valence electrons. The van der Waals surface area contributed by atoms with Crippen LogP contribution in [0.1, 0.15) is 6.92 Å². The second-order valence-electron chi connectivity index (χ2n) is 3.17. The molecule has 0 unspecified atom stereocenters. The van der Waals surface area contributed by atoms with E-state index in [0.29, 0.717) is 0 Å². The van der Waals surface area contributed by atoms with Crippen molar-refractivity contribution in [2.75, 3.05) is 33.4 Å². The highest BCUT2D eigenvalue weighted by Crippen LogP contribution is 1.82. The smallest absolute Gasteiger partial charge is 0.329 e. The molecule has 0 aliphatic rings. The first-order chi connectivity index (χ1) is 7.43. The van der Waals surface area contributed by atoms with Gasteiger partial charge in [0.1, 0.15) is 6.61 Å². The van der Waals surface area contributed by atoms with Gasteiger partial charge in [-0.05, 0) is 0 Å². The van der Waals surface area contributed by atoms with Gasteiger partial charge in [0.25, 0.3) is 0 Å². The van der Waals surface area contributed by atoms with E-state index in [0.717, 1.165) is 0 Å². The Labute approximate surface area is 93.4 Å². The van der Waals surface area contributed by atoms with Crippen molar-refractivity contribution in [1.82, 2.24) is 10.2 Å². The zero-order valence-electron chi connectivity index (χ0n) is 9.36. The minimum atomic E-state index is -1.05. The number of hydrogen-bond acceptors (Lipinski definition) is 4. The average Bonchev–Trinajstić information content (AvgIpc) is 2.16. The van der Waals surface area contributed by atoms with Gasteiger partial charge in [0.15, 0.2) is 0 Å². The quantitative estimate of drug-likeness (QED) is 0.531. The Balaban J connectivity index is 3.51. The first-order valence-electron chi connectivity index (χ1n) is 4.71. The number of carboxylic acids is 1. The van der Waals surface area contributed by atoms with E-state index in [4.69, 9.17) is 9.84 Å². The number of nitrogens with zero attached hydrogens (tertiary/aromatic N) is 1. The van der Waals surface area contributed by atoms with Crippen molar-refractivity contribution in [3.63, 3.8) is 0 Å². The molecule has 0 spiro atoms. The molecule has 0 fully saturated rings. The van der Waals surface area contributed by atoms with Crippen molar-refractivity contribution in [2.24, 2.45) is 0 Å². The number of carboxylic acid groups (broad SMARTS) is 1. The van der Waals surface area contributed by atoms with Gasteiger partial charge in [-0.15, -0.1) is 0 Å². The highest BCUT2D eigenvalue weighted by Gasteiger charge is 2.07. The molecule has 2 amide bonds. The van der Waals surface area contributed by atoms with Crippen molar-refractivity contribution in [3.8, 4) is 0 Å². The first kappa shape index (κ1) is 14.4. The fourth-order valence-electron chi connectivity index (χ4n) is 0.805. The van der Waals surface area contributed by atoms with Crippen LogP contribution in [0.3, 0.4) is 0 Å². The van der Waals surface area contributed by atoms with E-state index in [9.17, 15) is 14.4 Å². The summed E-state index contributed by atoms with van der Waals surface area (Å²) >= 11 is 0. The van der Waals surface area contributed by atoms with Crippen LogP contribution < -0.4 is 5.32 Å². The average molecular weight is 232 g/mol. The lowest BCUT2D eigenvalue weighted by Gasteiger charge is -2.14. The lowest BCUT2D eigenvalue weighted by molar-refractivity contribution is -0.142. The summed E-state index contributed by atoms with van der Waals surface area (Å²) in [6, 6.07) is 0. The molecule has 0 rings (SSSR count). The van der Waals surface area contributed by atoms with Crippen LogP contribution in [0.25, 0.3) is 0 Å². The molecule has 0 radical (unpaired) electrons. The number of likely N-dealkylation sites (N-methyl/N-ethyl adjacent to an activating group) is 1. The van der Waals surface area contributed by atoms with E-state index in [1.54, 1.807) is 0 Å². The molecule has 0 saturated carbocycles. The maximum Gasteiger partial charge on any atom is 0.329 e. The van der Waals surface area contributed by atoms with Gasteiger partial charge in [0.2, 0.25) is 11.8 Å². The lowest BCUT2D eigenvalue weighted by Crippen LogP contribution is -2.38. The third kappa shape index (κ3) is 7.74. The summed E-state index contributed by atoms with van der Waals surface area (Å²) in [4.78, 5) is 33.3. The molecule has 0 saturated heterocycles. The van der Waals surface area contributed by atoms with Crippen LogP contribution in [0.4, 0.5) is 0 Å². The van der Waals surface area contributed by atoms with Gasteiger partial charge in [-0.25, -0.2) is 4.79 Å². The number of amides is 2. The normalized spacial score (nSPS) is 9.62. The van der Waals surface area contributed by atoms with Gasteiger partial charge in [0, 0.05) is 20.5 Å². The molecule has 7 nitrogen and oxygen atoms in total. The van der Waals surface area contributed by atoms with Crippen molar-refractivity contribution in [1.29, 1.82) is 0 Å². The van der Waals surface area contributed by atoms with Gasteiger partial charge in [-0.3, -0.25) is 9.59 Å². The standard InChI is InChI=1S/C9H16N2O5/c1-7(12)11(2)5-8(13)10-3-4-16-6-9(14)15/h3-6H2,1-2H3,(H,10,13)(H,14,15). The summed E-state index contributed by atoms with van der Waals surface area (Å²) < 4.78 is 4.70. The fraction of sp³-hybridized carbons (Fsp3) is 0.667. The van der Waals surface area contributed by atoms with E-state index >= 15 is 0 Å². The van der Waals surface area contributed by atoms with Crippen LogP contribution in [0.15, 0.2) is 0 Å². The van der Waals surface area contributed by atoms with E-state index < -0.39 is 5.97 Å². The number of hydrogen-bond donors (Lipinski definition) is 2. The van der Waals surface area contributed by atoms with Gasteiger partial charge in [0.05, 0.1) is 13.2 Å². The molecule has 16 heavy (non-hydrogen) atoms. The SMILES string of the molecule is CC(=O)N(C)CC(=O)NCCOCC(=O)O. The van der Waals surface area contributed by atoms with Crippen LogP contribution >= 0.6 is 0 Å². The van der Waals surface area contributed by atoms with Crippen molar-refractivity contribution in [3.05, 3.63) is 0 Å². The molecule has 0 bridgehead atoms. The van der Waals surface area contributed by atoms with Gasteiger partial charge in [-0.1, -0.05) is 0 Å². The van der Waals surface area contributed by atoms with E-state index in [1.807, 2.05) is 0 Å². The second-order valence-corrected chi connectivity index (χ2v) is 3.17. The highest BCUT2D eigenvalue weighted by atomic mass is 16.5. The molecule has 0 heterocycles. The van der Waals surface area contributed by atoms with Gasteiger partial charge in [-0.2, -0.15) is 0 Å². The molecule has 0 aliphatic heterocycles. The highest BCUT2D eigenvalue weighted by molar-refractivity contribution is 5.83. The summed E-state index contributed by atoms with van der Waals surface area (Å²) in [5.41, 5.74) is 0. The monoisotopic (exact) mass is 232 g/mol. The minimum Gasteiger partial charge on any atom is -0.480 e. The Morgan fingerprint density at radius 3 is 2.50 bits per heavy atom. The maximum atomic E-state index is 11.2. The topological polar surface area (TPSA) is 95.9 Å². The molecule has 0 aromatic heterocycles. The zero-order valence-corrected chi connectivity index (χ0v) is 9.36. The maximum absolute atomic E-state index is 11.2. The molecular formula is C9H16N2O5. The predicted octanol–water partition coefficient (Wildman–Crippen LogP) is -1.32. The molecule has 2 N–H and O–H groups in total. The molecule has 0 aromatic carbocycles. The Hall–Kier alpha value is -1.63. The van der Waals surface area contributed by atoms with Crippen LogP contribution in [0.5, 0.6) is 0 Å². The van der Waals surface area contributed by atoms with Gasteiger partial charge >= 0.3 is 5.97 Å². The first-order valence-corrected chi connectivity index (χ1v) is 4.71. The third-order valence-corrected chi connectivity index (χ3v) is 1.71. The number of ether oxygens (including phenoxy) is 1. The summed E-state index contributed by atoms with van der Waals surface area (Å²) in [6.45, 7) is 1.31. The number of aliphatic carboxylic acids is 1. The molecule has 0 atom stereocenters. The van der Waals surface area contributed by atoms with E-state index in [1.165, 1.54) is 18.9 Å². The Kier molecular flexibility index (Phi) is 6.86. The third-order valence-electron chi connectivity index (χ3n) is 1.71. The van der Waals surface area contributed by atoms with Gasteiger partial charge < -0.3 is 20.1 Å². The van der Waals surface area contributed by atoms with Crippen LogP contribution in [-0.2, 0) is 19.1 Å². The van der Waals surface area contributed by atoms with Crippen molar-refractivity contribution >= 4 is 17.8 Å². The molecule has 0 aliphatic carbocycles. The summed E-state index contributed by atoms with van der Waals surface area (Å²) in [5.74, 6) is -1.56. The largest absolute Gasteiger partial charge is 0.480 e. The van der Waals surface area contributed by atoms with E-state index in [2.05, 4.69) is 5.32 Å². The minimum absolute atomic E-state index is 0.0196. The van der Waals surface area contributed by atoms with Crippen molar-refractivity contribution < 1.29 is 24.2 Å².